The Balaban J connectivity index is 2.06. The number of hydrogen-bond acceptors (Lipinski definition) is 3. The van der Waals surface area contributed by atoms with Crippen LogP contribution in [0.3, 0.4) is 0 Å². The van der Waals surface area contributed by atoms with Crippen LogP contribution in [0, 0.1) is 6.92 Å². The molecule has 26 heavy (non-hydrogen) atoms. The van der Waals surface area contributed by atoms with Gasteiger partial charge in [0.25, 0.3) is 5.91 Å². The average Bonchev–Trinajstić information content (AvgIpc) is 2.53. The van der Waals surface area contributed by atoms with Gasteiger partial charge < -0.3 is 21.1 Å². The minimum absolute atomic E-state index is 0.0726. The topological polar surface area (TPSA) is 73.4 Å². The van der Waals surface area contributed by atoms with Crippen LogP contribution >= 0.6 is 47.0 Å². The fourth-order valence-electron chi connectivity index (χ4n) is 2.00. The number of phenolic OH excluding ortho intramolecular Hbond substituents is 1. The predicted octanol–water partition coefficient (Wildman–Crippen LogP) is 4.11. The van der Waals surface area contributed by atoms with Gasteiger partial charge in [-0.2, -0.15) is 0 Å². The van der Waals surface area contributed by atoms with Gasteiger partial charge in [0.15, 0.2) is 5.11 Å². The predicted molar refractivity (Wildman–Crippen MR) is 110 cm³/mol. The maximum absolute atomic E-state index is 12.4. The Labute approximate surface area is 171 Å². The highest BCUT2D eigenvalue weighted by molar-refractivity contribution is 7.80. The number of nitrogens with one attached hydrogen (secondary N) is 3. The molecule has 0 aliphatic rings. The average molecular weight is 433 g/mol. The Hall–Kier alpha value is -1.73. The van der Waals surface area contributed by atoms with Gasteiger partial charge in [-0.25, -0.2) is 0 Å². The van der Waals surface area contributed by atoms with E-state index in [-0.39, 0.29) is 10.9 Å². The maximum Gasteiger partial charge on any atom is 0.252 e. The van der Waals surface area contributed by atoms with Gasteiger partial charge in [-0.1, -0.05) is 58.6 Å². The van der Waals surface area contributed by atoms with Crippen molar-refractivity contribution in [3.8, 4) is 5.75 Å². The molecule has 9 heteroatoms. The summed E-state index contributed by atoms with van der Waals surface area (Å²) in [6.45, 7) is 1.92. The Morgan fingerprint density at radius 3 is 2.35 bits per heavy atom. The molecule has 0 aromatic heterocycles. The van der Waals surface area contributed by atoms with Crippen LogP contribution in [0.2, 0.25) is 0 Å². The second-order valence-electron chi connectivity index (χ2n) is 5.46. The summed E-state index contributed by atoms with van der Waals surface area (Å²) >= 11 is 23.0. The first-order valence-electron chi connectivity index (χ1n) is 7.46. The van der Waals surface area contributed by atoms with E-state index in [0.717, 1.165) is 5.56 Å². The van der Waals surface area contributed by atoms with Crippen LogP contribution < -0.4 is 16.0 Å². The molecule has 0 aliphatic heterocycles. The molecular formula is C17H16Cl3N3O2S. The summed E-state index contributed by atoms with van der Waals surface area (Å²) in [6.07, 6.45) is -1.08. The molecule has 138 valence electrons. The van der Waals surface area contributed by atoms with Crippen LogP contribution in [-0.4, -0.2) is 26.1 Å². The summed E-state index contributed by atoms with van der Waals surface area (Å²) in [7, 11) is 0. The number of carbonyl (C=O) groups excluding carboxylic acids is 1. The lowest BCUT2D eigenvalue weighted by atomic mass is 10.1. The van der Waals surface area contributed by atoms with E-state index in [1.54, 1.807) is 36.4 Å². The van der Waals surface area contributed by atoms with Crippen LogP contribution in [0.5, 0.6) is 5.75 Å². The molecule has 1 amide bonds. The monoisotopic (exact) mass is 431 g/mol. The Morgan fingerprint density at radius 1 is 1.12 bits per heavy atom. The minimum Gasteiger partial charge on any atom is -0.508 e. The summed E-state index contributed by atoms with van der Waals surface area (Å²) < 4.78 is -1.86. The maximum atomic E-state index is 12.4. The van der Waals surface area contributed by atoms with Crippen molar-refractivity contribution < 1.29 is 9.90 Å². The second-order valence-corrected chi connectivity index (χ2v) is 8.24. The van der Waals surface area contributed by atoms with E-state index in [9.17, 15) is 9.90 Å². The number of hydrogen-bond donors (Lipinski definition) is 4. The minimum atomic E-state index is -1.86. The van der Waals surface area contributed by atoms with Crippen molar-refractivity contribution in [2.75, 3.05) is 5.32 Å². The lowest BCUT2D eigenvalue weighted by Crippen LogP contribution is -2.56. The van der Waals surface area contributed by atoms with Crippen LogP contribution in [0.25, 0.3) is 0 Å². The third-order valence-electron chi connectivity index (χ3n) is 3.30. The van der Waals surface area contributed by atoms with Crippen molar-refractivity contribution in [3.63, 3.8) is 0 Å². The number of halogens is 3. The first-order valence-corrected chi connectivity index (χ1v) is 9.00. The third kappa shape index (κ3) is 6.21. The number of alkyl halides is 3. The SMILES string of the molecule is Cc1ccc(C(=O)N[C@H](NC(=S)Nc2cccc(O)c2)C(Cl)(Cl)Cl)cc1. The summed E-state index contributed by atoms with van der Waals surface area (Å²) in [5, 5.41) is 17.8. The normalized spacial score (nSPS) is 12.2. The number of carbonyl (C=O) groups is 1. The molecule has 0 spiro atoms. The van der Waals surface area contributed by atoms with Crippen LogP contribution in [0.1, 0.15) is 15.9 Å². The smallest absolute Gasteiger partial charge is 0.252 e. The fraction of sp³-hybridized carbons (Fsp3) is 0.176. The van der Waals surface area contributed by atoms with Gasteiger partial charge in [-0.05, 0) is 43.4 Å². The Bertz CT molecular complexity index is 795. The largest absolute Gasteiger partial charge is 0.508 e. The number of thiocarbonyl (C=S) groups is 1. The molecule has 0 unspecified atom stereocenters. The first-order chi connectivity index (χ1) is 12.1. The lowest BCUT2D eigenvalue weighted by molar-refractivity contribution is 0.0934. The number of aryl methyl sites for hydroxylation is 1. The standard InChI is InChI=1S/C17H16Cl3N3O2S/c1-10-5-7-11(8-6-10)14(25)22-15(17(18,19)20)23-16(26)21-12-3-2-4-13(24)9-12/h2-9,15,24H,1H3,(H,22,25)(H2,21,23,26)/t15-/m1/s1. The quantitative estimate of drug-likeness (QED) is 0.332. The highest BCUT2D eigenvalue weighted by Crippen LogP contribution is 2.29. The molecule has 2 aromatic carbocycles. The van der Waals surface area contributed by atoms with Gasteiger partial charge in [0, 0.05) is 17.3 Å². The van der Waals surface area contributed by atoms with Gasteiger partial charge in [0.1, 0.15) is 11.9 Å². The number of aromatic hydroxyl groups is 1. The van der Waals surface area contributed by atoms with E-state index in [1.165, 1.54) is 12.1 Å². The molecule has 1 atom stereocenters. The molecular weight excluding hydrogens is 417 g/mol. The van der Waals surface area contributed by atoms with E-state index < -0.39 is 15.9 Å². The zero-order valence-corrected chi connectivity index (χ0v) is 16.7. The number of amides is 1. The van der Waals surface area contributed by atoms with Crippen LogP contribution in [-0.2, 0) is 0 Å². The summed E-state index contributed by atoms with van der Waals surface area (Å²) in [5.41, 5.74) is 1.98. The molecule has 0 saturated heterocycles. The Kier molecular flexibility index (Phi) is 6.94. The molecule has 5 nitrogen and oxygen atoms in total. The molecule has 0 saturated carbocycles. The molecule has 2 rings (SSSR count). The second kappa shape index (κ2) is 8.77. The van der Waals surface area contributed by atoms with E-state index in [1.807, 2.05) is 6.92 Å². The van der Waals surface area contributed by atoms with Crippen molar-refractivity contribution >= 4 is 63.7 Å². The molecule has 2 aromatic rings. The van der Waals surface area contributed by atoms with Gasteiger partial charge >= 0.3 is 0 Å². The molecule has 0 bridgehead atoms. The summed E-state index contributed by atoms with van der Waals surface area (Å²) in [5.74, 6) is -0.350. The molecule has 4 N–H and O–H groups in total. The van der Waals surface area contributed by atoms with E-state index >= 15 is 0 Å². The van der Waals surface area contributed by atoms with E-state index in [0.29, 0.717) is 11.3 Å². The Morgan fingerprint density at radius 2 is 1.77 bits per heavy atom. The number of phenols is 1. The zero-order chi connectivity index (χ0) is 19.3. The van der Waals surface area contributed by atoms with Crippen molar-refractivity contribution in [2.24, 2.45) is 0 Å². The summed E-state index contributed by atoms with van der Waals surface area (Å²) in [4.78, 5) is 12.4. The van der Waals surface area contributed by atoms with Crippen molar-refractivity contribution in [3.05, 3.63) is 59.7 Å². The van der Waals surface area contributed by atoms with Crippen molar-refractivity contribution in [1.29, 1.82) is 0 Å². The number of rotatable bonds is 4. The third-order valence-corrected chi connectivity index (χ3v) is 4.17. The number of anilines is 1. The van der Waals surface area contributed by atoms with E-state index in [4.69, 9.17) is 47.0 Å². The first kappa shape index (κ1) is 20.6. The molecule has 0 radical (unpaired) electrons. The van der Waals surface area contributed by atoms with E-state index in [2.05, 4.69) is 16.0 Å². The van der Waals surface area contributed by atoms with Crippen molar-refractivity contribution in [2.45, 2.75) is 16.9 Å². The molecule has 0 heterocycles. The molecule has 0 fully saturated rings. The van der Waals surface area contributed by atoms with Gasteiger partial charge in [-0.3, -0.25) is 4.79 Å². The van der Waals surface area contributed by atoms with Crippen LogP contribution in [0.15, 0.2) is 48.5 Å². The van der Waals surface area contributed by atoms with Crippen LogP contribution in [0.4, 0.5) is 5.69 Å². The summed E-state index contributed by atoms with van der Waals surface area (Å²) in [6, 6.07) is 13.3. The van der Waals surface area contributed by atoms with Gasteiger partial charge in [0.05, 0.1) is 0 Å². The van der Waals surface area contributed by atoms with Crippen molar-refractivity contribution in [1.82, 2.24) is 10.6 Å². The molecule has 0 aliphatic carbocycles. The number of benzene rings is 2. The zero-order valence-electron chi connectivity index (χ0n) is 13.6. The lowest BCUT2D eigenvalue weighted by Gasteiger charge is -2.27. The van der Waals surface area contributed by atoms with Gasteiger partial charge in [0.2, 0.25) is 3.79 Å². The highest BCUT2D eigenvalue weighted by atomic mass is 35.6. The van der Waals surface area contributed by atoms with Gasteiger partial charge in [-0.15, -0.1) is 0 Å². The highest BCUT2D eigenvalue weighted by Gasteiger charge is 2.34. The fourth-order valence-corrected chi connectivity index (χ4v) is 2.56.